The van der Waals surface area contributed by atoms with E-state index in [0.29, 0.717) is 5.56 Å². The zero-order valence-corrected chi connectivity index (χ0v) is 13.9. The largest absolute Gasteiger partial charge is 0.322 e. The van der Waals surface area contributed by atoms with Crippen LogP contribution in [0.15, 0.2) is 36.4 Å². The summed E-state index contributed by atoms with van der Waals surface area (Å²) in [5, 5.41) is 3.01. The van der Waals surface area contributed by atoms with Gasteiger partial charge in [-0.05, 0) is 61.6 Å². The minimum Gasteiger partial charge on any atom is -0.322 e. The van der Waals surface area contributed by atoms with Crippen molar-refractivity contribution in [2.45, 2.75) is 32.6 Å². The predicted molar refractivity (Wildman–Crippen MR) is 94.7 cm³/mol. The number of hydrogen-bond donors (Lipinski definition) is 1. The number of anilines is 2. The molecule has 2 aliphatic heterocycles. The molecule has 2 aromatic rings. The topological polar surface area (TPSA) is 49.4 Å². The molecule has 2 aromatic carbocycles. The zero-order valence-electron chi connectivity index (χ0n) is 13.9. The highest BCUT2D eigenvalue weighted by molar-refractivity contribution is 6.08. The van der Waals surface area contributed by atoms with E-state index in [1.54, 1.807) is 0 Å². The Hall–Kier alpha value is -2.62. The van der Waals surface area contributed by atoms with Gasteiger partial charge in [0.2, 0.25) is 5.91 Å². The van der Waals surface area contributed by atoms with Gasteiger partial charge in [-0.1, -0.05) is 18.2 Å². The number of hydrogen-bond acceptors (Lipinski definition) is 2. The van der Waals surface area contributed by atoms with E-state index in [2.05, 4.69) is 5.32 Å². The fraction of sp³-hybridized carbons (Fsp3) is 0.300. The number of rotatable bonds is 2. The normalized spacial score (nSPS) is 18.5. The summed E-state index contributed by atoms with van der Waals surface area (Å²) in [4.78, 5) is 26.9. The molecule has 24 heavy (non-hydrogen) atoms. The van der Waals surface area contributed by atoms with Crippen LogP contribution in [0.25, 0.3) is 0 Å². The molecule has 0 aromatic heterocycles. The summed E-state index contributed by atoms with van der Waals surface area (Å²) in [6.07, 6.45) is 1.92. The Morgan fingerprint density at radius 2 is 2.04 bits per heavy atom. The van der Waals surface area contributed by atoms with Crippen LogP contribution in [0.3, 0.4) is 0 Å². The SMILES string of the molecule is Cc1ccccc1C(=O)Nc1cc2c3c(c1)[C@@H](C)C(=O)N3CCC2. The second kappa shape index (κ2) is 5.48. The Kier molecular flexibility index (Phi) is 3.41. The summed E-state index contributed by atoms with van der Waals surface area (Å²) in [6, 6.07) is 11.5. The van der Waals surface area contributed by atoms with Crippen molar-refractivity contribution in [2.24, 2.45) is 0 Å². The van der Waals surface area contributed by atoms with Gasteiger partial charge in [0.25, 0.3) is 5.91 Å². The molecule has 0 spiro atoms. The maximum absolute atomic E-state index is 12.6. The van der Waals surface area contributed by atoms with Crippen LogP contribution in [0.4, 0.5) is 11.4 Å². The second-order valence-electron chi connectivity index (χ2n) is 6.66. The lowest BCUT2D eigenvalue weighted by molar-refractivity contribution is -0.119. The van der Waals surface area contributed by atoms with Crippen molar-refractivity contribution in [3.63, 3.8) is 0 Å². The van der Waals surface area contributed by atoms with E-state index in [0.717, 1.165) is 47.5 Å². The highest BCUT2D eigenvalue weighted by atomic mass is 16.2. The molecule has 4 heteroatoms. The van der Waals surface area contributed by atoms with Crippen molar-refractivity contribution in [2.75, 3.05) is 16.8 Å². The van der Waals surface area contributed by atoms with Gasteiger partial charge in [-0.3, -0.25) is 9.59 Å². The number of benzene rings is 2. The van der Waals surface area contributed by atoms with Crippen LogP contribution in [0.5, 0.6) is 0 Å². The molecular formula is C20H20N2O2. The molecule has 2 amide bonds. The molecule has 0 aliphatic carbocycles. The van der Waals surface area contributed by atoms with Gasteiger partial charge in [-0.15, -0.1) is 0 Å². The smallest absolute Gasteiger partial charge is 0.255 e. The monoisotopic (exact) mass is 320 g/mol. The van der Waals surface area contributed by atoms with Crippen molar-refractivity contribution in [1.29, 1.82) is 0 Å². The molecule has 1 atom stereocenters. The van der Waals surface area contributed by atoms with Gasteiger partial charge in [0.05, 0.1) is 11.6 Å². The van der Waals surface area contributed by atoms with E-state index < -0.39 is 0 Å². The second-order valence-corrected chi connectivity index (χ2v) is 6.66. The lowest BCUT2D eigenvalue weighted by atomic mass is 9.96. The first kappa shape index (κ1) is 14.9. The number of amides is 2. The van der Waals surface area contributed by atoms with Gasteiger partial charge >= 0.3 is 0 Å². The predicted octanol–water partition coefficient (Wildman–Crippen LogP) is 3.64. The highest BCUT2D eigenvalue weighted by Gasteiger charge is 2.37. The average Bonchev–Trinajstić information content (AvgIpc) is 2.82. The third-order valence-corrected chi connectivity index (χ3v) is 5.07. The van der Waals surface area contributed by atoms with Crippen LogP contribution in [-0.2, 0) is 11.2 Å². The standard InChI is InChI=1S/C20H20N2O2/c1-12-6-3-4-8-16(12)19(23)21-15-10-14-7-5-9-22-18(14)17(11-15)13(2)20(22)24/h3-4,6,8,10-11,13H,5,7,9H2,1-2H3,(H,21,23)/t13-/m1/s1. The van der Waals surface area contributed by atoms with Gasteiger partial charge < -0.3 is 10.2 Å². The van der Waals surface area contributed by atoms with Gasteiger partial charge in [-0.25, -0.2) is 0 Å². The van der Waals surface area contributed by atoms with E-state index in [1.807, 2.05) is 55.1 Å². The minimum atomic E-state index is -0.132. The zero-order chi connectivity index (χ0) is 16.8. The Balaban J connectivity index is 1.70. The molecule has 2 heterocycles. The van der Waals surface area contributed by atoms with Crippen LogP contribution in [0.1, 0.15) is 46.3 Å². The van der Waals surface area contributed by atoms with Crippen LogP contribution in [-0.4, -0.2) is 18.4 Å². The van der Waals surface area contributed by atoms with Crippen molar-refractivity contribution >= 4 is 23.2 Å². The van der Waals surface area contributed by atoms with Gasteiger partial charge in [0, 0.05) is 17.8 Å². The van der Waals surface area contributed by atoms with Crippen molar-refractivity contribution in [1.82, 2.24) is 0 Å². The maximum Gasteiger partial charge on any atom is 0.255 e. The highest BCUT2D eigenvalue weighted by Crippen LogP contribution is 2.44. The number of aryl methyl sites for hydroxylation is 2. The van der Waals surface area contributed by atoms with Crippen molar-refractivity contribution in [3.05, 3.63) is 58.7 Å². The first-order valence-electron chi connectivity index (χ1n) is 8.41. The Morgan fingerprint density at radius 1 is 1.25 bits per heavy atom. The Morgan fingerprint density at radius 3 is 2.83 bits per heavy atom. The molecule has 2 aliphatic rings. The maximum atomic E-state index is 12.6. The molecule has 0 fully saturated rings. The third-order valence-electron chi connectivity index (χ3n) is 5.07. The first-order chi connectivity index (χ1) is 11.6. The van der Waals surface area contributed by atoms with Gasteiger partial charge in [-0.2, -0.15) is 0 Å². The van der Waals surface area contributed by atoms with Crippen LogP contribution in [0, 0.1) is 6.92 Å². The molecule has 1 N–H and O–H groups in total. The van der Waals surface area contributed by atoms with Crippen LogP contribution < -0.4 is 10.2 Å². The molecule has 4 nitrogen and oxygen atoms in total. The van der Waals surface area contributed by atoms with Crippen LogP contribution in [0.2, 0.25) is 0 Å². The lowest BCUT2D eigenvalue weighted by Gasteiger charge is -2.26. The van der Waals surface area contributed by atoms with E-state index >= 15 is 0 Å². The Bertz CT molecular complexity index is 857. The van der Waals surface area contributed by atoms with E-state index in [4.69, 9.17) is 0 Å². The minimum absolute atomic E-state index is 0.107. The number of carbonyl (C=O) groups is 2. The molecule has 0 saturated carbocycles. The molecule has 4 rings (SSSR count). The quantitative estimate of drug-likeness (QED) is 0.918. The lowest BCUT2D eigenvalue weighted by Crippen LogP contribution is -2.32. The molecular weight excluding hydrogens is 300 g/mol. The summed E-state index contributed by atoms with van der Waals surface area (Å²) in [6.45, 7) is 4.68. The van der Waals surface area contributed by atoms with E-state index in [1.165, 1.54) is 0 Å². The van der Waals surface area contributed by atoms with E-state index in [-0.39, 0.29) is 17.7 Å². The Labute approximate surface area is 141 Å². The average molecular weight is 320 g/mol. The summed E-state index contributed by atoms with van der Waals surface area (Å²) in [7, 11) is 0. The molecule has 0 unspecified atom stereocenters. The number of nitrogens with zero attached hydrogens (tertiary/aromatic N) is 1. The van der Waals surface area contributed by atoms with Crippen LogP contribution >= 0.6 is 0 Å². The van der Waals surface area contributed by atoms with Gasteiger partial charge in [0.1, 0.15) is 0 Å². The third kappa shape index (κ3) is 2.21. The number of nitrogens with one attached hydrogen (secondary N) is 1. The van der Waals surface area contributed by atoms with Crippen molar-refractivity contribution in [3.8, 4) is 0 Å². The summed E-state index contributed by atoms with van der Waals surface area (Å²) in [5.41, 5.74) is 5.69. The summed E-state index contributed by atoms with van der Waals surface area (Å²) >= 11 is 0. The summed E-state index contributed by atoms with van der Waals surface area (Å²) < 4.78 is 0. The molecule has 0 bridgehead atoms. The van der Waals surface area contributed by atoms with Crippen molar-refractivity contribution < 1.29 is 9.59 Å². The molecule has 0 radical (unpaired) electrons. The van der Waals surface area contributed by atoms with Gasteiger partial charge in [0.15, 0.2) is 0 Å². The molecule has 122 valence electrons. The fourth-order valence-electron chi connectivity index (χ4n) is 3.79. The fourth-order valence-corrected chi connectivity index (χ4v) is 3.79. The molecule has 0 saturated heterocycles. The summed E-state index contributed by atoms with van der Waals surface area (Å²) in [5.74, 6) is -0.0645. The van der Waals surface area contributed by atoms with E-state index in [9.17, 15) is 9.59 Å². The number of carbonyl (C=O) groups excluding carboxylic acids is 2. The first-order valence-corrected chi connectivity index (χ1v) is 8.41.